The molecule has 0 saturated heterocycles. The third-order valence-electron chi connectivity index (χ3n) is 3.25. The molecule has 3 N–H and O–H groups in total. The Hall–Kier alpha value is -2.68. The van der Waals surface area contributed by atoms with E-state index < -0.39 is 0 Å². The fourth-order valence-electron chi connectivity index (χ4n) is 2.00. The molecule has 6 heteroatoms. The summed E-state index contributed by atoms with van der Waals surface area (Å²) in [5, 5.41) is 16.9. The summed E-state index contributed by atoms with van der Waals surface area (Å²) in [5.41, 5.74) is 7.19. The van der Waals surface area contributed by atoms with Crippen LogP contribution in [0.15, 0.2) is 24.3 Å². The Morgan fingerprint density at radius 1 is 1.50 bits per heavy atom. The number of nitrogens with zero attached hydrogens (tertiary/aromatic N) is 3. The normalized spacial score (nSPS) is 13.8. The van der Waals surface area contributed by atoms with Gasteiger partial charge in [-0.3, -0.25) is 0 Å². The average molecular weight is 269 g/mol. The molecule has 3 rings (SSSR count). The highest BCUT2D eigenvalue weighted by Gasteiger charge is 2.25. The van der Waals surface area contributed by atoms with Gasteiger partial charge >= 0.3 is 0 Å². The van der Waals surface area contributed by atoms with Crippen LogP contribution in [0.3, 0.4) is 0 Å². The fourth-order valence-corrected chi connectivity index (χ4v) is 2.00. The number of benzene rings is 1. The summed E-state index contributed by atoms with van der Waals surface area (Å²) in [5.74, 6) is 1.60. The Morgan fingerprint density at radius 2 is 2.30 bits per heavy atom. The maximum absolute atomic E-state index is 9.25. The van der Waals surface area contributed by atoms with E-state index in [-0.39, 0.29) is 0 Å². The molecule has 1 aliphatic carbocycles. The Balaban J connectivity index is 2.04. The van der Waals surface area contributed by atoms with Crippen molar-refractivity contribution in [3.63, 3.8) is 0 Å². The summed E-state index contributed by atoms with van der Waals surface area (Å²) in [6.07, 6.45) is 2.22. The highest BCUT2D eigenvalue weighted by Crippen LogP contribution is 2.30. The number of ether oxygens (including phenoxy) is 1. The van der Waals surface area contributed by atoms with E-state index in [1.165, 1.54) is 0 Å². The van der Waals surface area contributed by atoms with Crippen LogP contribution >= 0.6 is 0 Å². The van der Waals surface area contributed by atoms with Gasteiger partial charge in [0.2, 0.25) is 0 Å². The number of nitrogen functional groups attached to an aromatic ring is 1. The fraction of sp³-hybridized carbons (Fsp3) is 0.286. The van der Waals surface area contributed by atoms with Crippen molar-refractivity contribution in [3.8, 4) is 17.5 Å². The lowest BCUT2D eigenvalue weighted by molar-refractivity contribution is 0.414. The molecule has 0 bridgehead atoms. The minimum absolute atomic E-state index is 0.337. The number of aromatic nitrogens is 2. The molecule has 0 radical (unpaired) electrons. The summed E-state index contributed by atoms with van der Waals surface area (Å²) in [6, 6.07) is 9.92. The summed E-state index contributed by atoms with van der Waals surface area (Å²) < 4.78 is 6.75. The van der Waals surface area contributed by atoms with Gasteiger partial charge in [0.15, 0.2) is 5.82 Å². The van der Waals surface area contributed by atoms with Crippen LogP contribution in [0.5, 0.6) is 5.75 Å². The molecule has 1 heterocycles. The van der Waals surface area contributed by atoms with Crippen LogP contribution in [0.2, 0.25) is 0 Å². The molecule has 1 aliphatic rings. The molecule has 0 amide bonds. The molecule has 1 aromatic carbocycles. The summed E-state index contributed by atoms with van der Waals surface area (Å²) in [4.78, 5) is 0. The molecule has 1 aromatic heterocycles. The first kappa shape index (κ1) is 12.4. The first-order valence-corrected chi connectivity index (χ1v) is 6.42. The zero-order valence-electron chi connectivity index (χ0n) is 11.1. The van der Waals surface area contributed by atoms with Gasteiger partial charge in [-0.25, -0.2) is 4.68 Å². The second kappa shape index (κ2) is 4.78. The molecule has 0 spiro atoms. The van der Waals surface area contributed by atoms with E-state index in [1.807, 2.05) is 24.3 Å². The quantitative estimate of drug-likeness (QED) is 0.885. The number of rotatable bonds is 4. The zero-order valence-corrected chi connectivity index (χ0v) is 11.1. The minimum atomic E-state index is 0.337. The van der Waals surface area contributed by atoms with Gasteiger partial charge in [0.1, 0.15) is 23.2 Å². The molecule has 0 atom stereocenters. The first-order valence-electron chi connectivity index (χ1n) is 6.42. The van der Waals surface area contributed by atoms with Crippen molar-refractivity contribution >= 4 is 11.6 Å². The maximum Gasteiger partial charge on any atom is 0.168 e. The van der Waals surface area contributed by atoms with E-state index in [0.717, 1.165) is 18.5 Å². The number of methoxy groups -OCH3 is 1. The molecule has 1 saturated carbocycles. The number of nitriles is 1. The Labute approximate surface area is 116 Å². The zero-order chi connectivity index (χ0) is 14.1. The van der Waals surface area contributed by atoms with E-state index in [2.05, 4.69) is 16.5 Å². The van der Waals surface area contributed by atoms with Gasteiger partial charge in [-0.15, -0.1) is 5.10 Å². The van der Waals surface area contributed by atoms with E-state index in [0.29, 0.717) is 29.0 Å². The number of anilines is 2. The van der Waals surface area contributed by atoms with Crippen LogP contribution in [0.1, 0.15) is 18.4 Å². The van der Waals surface area contributed by atoms with Gasteiger partial charge in [-0.2, -0.15) is 5.26 Å². The van der Waals surface area contributed by atoms with Gasteiger partial charge in [0.25, 0.3) is 0 Å². The largest absolute Gasteiger partial charge is 0.497 e. The third kappa shape index (κ3) is 2.14. The molecule has 1 fully saturated rings. The highest BCUT2D eigenvalue weighted by atomic mass is 16.5. The SMILES string of the molecule is COc1cccc(-n2nc(NC3CC3)c(C#N)c2N)c1. The second-order valence-electron chi connectivity index (χ2n) is 4.75. The summed E-state index contributed by atoms with van der Waals surface area (Å²) in [7, 11) is 1.60. The van der Waals surface area contributed by atoms with Gasteiger partial charge in [-0.1, -0.05) is 6.07 Å². The van der Waals surface area contributed by atoms with Crippen molar-refractivity contribution in [2.45, 2.75) is 18.9 Å². The lowest BCUT2D eigenvalue weighted by Crippen LogP contribution is -2.04. The summed E-state index contributed by atoms with van der Waals surface area (Å²) >= 11 is 0. The lowest BCUT2D eigenvalue weighted by Gasteiger charge is -2.05. The van der Waals surface area contributed by atoms with E-state index in [9.17, 15) is 5.26 Å². The number of nitrogens with two attached hydrogens (primary N) is 1. The molecule has 6 nitrogen and oxygen atoms in total. The van der Waals surface area contributed by atoms with Crippen LogP contribution in [-0.2, 0) is 0 Å². The third-order valence-corrected chi connectivity index (χ3v) is 3.25. The monoisotopic (exact) mass is 269 g/mol. The molecule has 0 aliphatic heterocycles. The predicted molar refractivity (Wildman–Crippen MR) is 75.9 cm³/mol. The second-order valence-corrected chi connectivity index (χ2v) is 4.75. The van der Waals surface area contributed by atoms with Crippen molar-refractivity contribution in [1.82, 2.24) is 9.78 Å². The van der Waals surface area contributed by atoms with Crippen molar-refractivity contribution < 1.29 is 4.74 Å². The number of hydrogen-bond acceptors (Lipinski definition) is 5. The number of nitrogens with one attached hydrogen (secondary N) is 1. The van der Waals surface area contributed by atoms with E-state index in [4.69, 9.17) is 10.5 Å². The molecule has 102 valence electrons. The molecular formula is C14H15N5O. The smallest absolute Gasteiger partial charge is 0.168 e. The van der Waals surface area contributed by atoms with Crippen LogP contribution in [-0.4, -0.2) is 22.9 Å². The molecule has 20 heavy (non-hydrogen) atoms. The topological polar surface area (TPSA) is 88.9 Å². The molecule has 0 unspecified atom stereocenters. The maximum atomic E-state index is 9.25. The lowest BCUT2D eigenvalue weighted by atomic mass is 10.3. The van der Waals surface area contributed by atoms with Gasteiger partial charge in [0, 0.05) is 12.1 Å². The Bertz CT molecular complexity index is 681. The van der Waals surface area contributed by atoms with Crippen molar-refractivity contribution in [2.75, 3.05) is 18.2 Å². The average Bonchev–Trinajstić information content (AvgIpc) is 3.23. The van der Waals surface area contributed by atoms with Crippen LogP contribution in [0, 0.1) is 11.3 Å². The van der Waals surface area contributed by atoms with E-state index in [1.54, 1.807) is 11.8 Å². The Morgan fingerprint density at radius 3 is 2.95 bits per heavy atom. The minimum Gasteiger partial charge on any atom is -0.497 e. The first-order chi connectivity index (χ1) is 9.72. The van der Waals surface area contributed by atoms with Crippen molar-refractivity contribution in [1.29, 1.82) is 5.26 Å². The van der Waals surface area contributed by atoms with Crippen LogP contribution < -0.4 is 15.8 Å². The predicted octanol–water partition coefficient (Wildman–Crippen LogP) is 1.91. The molecular weight excluding hydrogens is 254 g/mol. The standard InChI is InChI=1S/C14H15N5O/c1-20-11-4-2-3-10(7-11)19-13(16)12(8-15)14(18-19)17-9-5-6-9/h2-4,7,9H,5-6,16H2,1H3,(H,17,18). The van der Waals surface area contributed by atoms with Gasteiger partial charge in [-0.05, 0) is 25.0 Å². The van der Waals surface area contributed by atoms with Crippen LogP contribution in [0.4, 0.5) is 11.6 Å². The molecule has 2 aromatic rings. The van der Waals surface area contributed by atoms with Crippen molar-refractivity contribution in [2.24, 2.45) is 0 Å². The van der Waals surface area contributed by atoms with Crippen LogP contribution in [0.25, 0.3) is 5.69 Å². The van der Waals surface area contributed by atoms with Gasteiger partial charge in [0.05, 0.1) is 12.8 Å². The highest BCUT2D eigenvalue weighted by molar-refractivity contribution is 5.66. The Kier molecular flexibility index (Phi) is 2.95. The van der Waals surface area contributed by atoms with Gasteiger partial charge < -0.3 is 15.8 Å². The van der Waals surface area contributed by atoms with E-state index >= 15 is 0 Å². The number of hydrogen-bond donors (Lipinski definition) is 2. The van der Waals surface area contributed by atoms with Crippen molar-refractivity contribution in [3.05, 3.63) is 29.8 Å². The summed E-state index contributed by atoms with van der Waals surface area (Å²) in [6.45, 7) is 0.